The summed E-state index contributed by atoms with van der Waals surface area (Å²) >= 11 is 0. The largest absolute Gasteiger partial charge is 0.486 e. The predicted molar refractivity (Wildman–Crippen MR) is 111 cm³/mol. The zero-order valence-electron chi connectivity index (χ0n) is 17.0. The van der Waals surface area contributed by atoms with Gasteiger partial charge in [-0.1, -0.05) is 12.1 Å². The maximum absolute atomic E-state index is 12.1. The van der Waals surface area contributed by atoms with Crippen molar-refractivity contribution in [3.8, 4) is 11.5 Å². The fourth-order valence-corrected chi connectivity index (χ4v) is 3.98. The Kier molecular flexibility index (Phi) is 6.30. The van der Waals surface area contributed by atoms with Gasteiger partial charge < -0.3 is 14.8 Å². The van der Waals surface area contributed by atoms with Crippen LogP contribution in [0.15, 0.2) is 42.7 Å². The molecule has 1 saturated heterocycles. The number of piperidine rings is 1. The molecule has 154 valence electrons. The summed E-state index contributed by atoms with van der Waals surface area (Å²) in [5.41, 5.74) is 2.13. The summed E-state index contributed by atoms with van der Waals surface area (Å²) in [4.78, 5) is 18.6. The number of ether oxygens (including phenoxy) is 2. The van der Waals surface area contributed by atoms with E-state index in [1.54, 1.807) is 12.4 Å². The number of fused-ring (bicyclic) bond motifs is 1. The van der Waals surface area contributed by atoms with Gasteiger partial charge in [0.2, 0.25) is 5.91 Å². The van der Waals surface area contributed by atoms with E-state index in [1.807, 2.05) is 30.3 Å². The number of nitrogens with zero attached hydrogens (tertiary/aromatic N) is 2. The van der Waals surface area contributed by atoms with E-state index in [0.717, 1.165) is 56.1 Å². The molecule has 1 atom stereocenters. The Bertz CT molecular complexity index is 819. The lowest BCUT2D eigenvalue weighted by molar-refractivity contribution is -0.120. The smallest absolute Gasteiger partial charge is 0.224 e. The molecule has 1 fully saturated rings. The van der Waals surface area contributed by atoms with Crippen LogP contribution in [0.25, 0.3) is 0 Å². The van der Waals surface area contributed by atoms with E-state index in [0.29, 0.717) is 18.9 Å². The Hall–Kier alpha value is -2.60. The molecule has 2 aromatic rings. The molecular formula is C23H29N3O3. The topological polar surface area (TPSA) is 63.7 Å². The highest BCUT2D eigenvalue weighted by Gasteiger charge is 2.26. The summed E-state index contributed by atoms with van der Waals surface area (Å²) in [6, 6.07) is 9.86. The van der Waals surface area contributed by atoms with E-state index in [-0.39, 0.29) is 12.0 Å². The van der Waals surface area contributed by atoms with Gasteiger partial charge in [-0.3, -0.25) is 14.7 Å². The number of hydrogen-bond donors (Lipinski definition) is 1. The molecule has 1 aromatic heterocycles. The SMILES string of the molecule is Cc1ccc2c(c1)O[C@@H](CN1CCC(CNC(=O)Cc3cccnc3)CC1)CO2. The molecule has 6 heteroatoms. The molecule has 1 aromatic carbocycles. The molecule has 0 spiro atoms. The number of aromatic nitrogens is 1. The van der Waals surface area contributed by atoms with E-state index >= 15 is 0 Å². The maximum atomic E-state index is 12.1. The second kappa shape index (κ2) is 9.27. The van der Waals surface area contributed by atoms with Crippen LogP contribution in [0.1, 0.15) is 24.0 Å². The quantitative estimate of drug-likeness (QED) is 0.815. The minimum Gasteiger partial charge on any atom is -0.486 e. The molecule has 0 unspecified atom stereocenters. The van der Waals surface area contributed by atoms with Gasteiger partial charge in [-0.25, -0.2) is 0 Å². The second-order valence-electron chi connectivity index (χ2n) is 8.09. The monoisotopic (exact) mass is 395 g/mol. The first kappa shape index (κ1) is 19.7. The van der Waals surface area contributed by atoms with Crippen LogP contribution in [0.2, 0.25) is 0 Å². The highest BCUT2D eigenvalue weighted by molar-refractivity contribution is 5.78. The number of benzene rings is 1. The predicted octanol–water partition coefficient (Wildman–Crippen LogP) is 2.60. The molecule has 0 saturated carbocycles. The Labute approximate surface area is 172 Å². The minimum atomic E-state index is 0.0695. The van der Waals surface area contributed by atoms with Gasteiger partial charge in [0.1, 0.15) is 12.7 Å². The summed E-state index contributed by atoms with van der Waals surface area (Å²) < 4.78 is 12.0. The molecule has 6 nitrogen and oxygen atoms in total. The van der Waals surface area contributed by atoms with Crippen LogP contribution in [0.3, 0.4) is 0 Å². The van der Waals surface area contributed by atoms with Crippen LogP contribution in [-0.4, -0.2) is 54.7 Å². The van der Waals surface area contributed by atoms with Crippen molar-refractivity contribution >= 4 is 5.91 Å². The first-order chi connectivity index (χ1) is 14.2. The standard InChI is InChI=1S/C23H29N3O3/c1-17-4-5-21-22(11-17)29-20(16-28-21)15-26-9-6-18(7-10-26)14-25-23(27)12-19-3-2-8-24-13-19/h2-5,8,11,13,18,20H,6-7,9-10,12,14-16H2,1H3,(H,25,27)/t20-/m0/s1. The lowest BCUT2D eigenvalue weighted by atomic mass is 9.96. The van der Waals surface area contributed by atoms with Crippen molar-refractivity contribution < 1.29 is 14.3 Å². The van der Waals surface area contributed by atoms with Crippen molar-refractivity contribution in [2.75, 3.05) is 32.8 Å². The third-order valence-electron chi connectivity index (χ3n) is 5.66. The number of nitrogens with one attached hydrogen (secondary N) is 1. The number of rotatable bonds is 6. The average Bonchev–Trinajstić information content (AvgIpc) is 2.74. The van der Waals surface area contributed by atoms with Gasteiger partial charge in [0.15, 0.2) is 11.5 Å². The van der Waals surface area contributed by atoms with Crippen LogP contribution < -0.4 is 14.8 Å². The molecule has 0 bridgehead atoms. The third kappa shape index (κ3) is 5.48. The summed E-state index contributed by atoms with van der Waals surface area (Å²) in [5, 5.41) is 3.08. The van der Waals surface area contributed by atoms with E-state index in [4.69, 9.17) is 9.47 Å². The van der Waals surface area contributed by atoms with Gasteiger partial charge in [0, 0.05) is 25.5 Å². The summed E-state index contributed by atoms with van der Waals surface area (Å²) in [6.45, 7) is 6.36. The number of pyridine rings is 1. The minimum absolute atomic E-state index is 0.0695. The normalized spacial score (nSPS) is 19.7. The molecule has 1 amide bonds. The fraction of sp³-hybridized carbons (Fsp3) is 0.478. The molecule has 2 aliphatic rings. The van der Waals surface area contributed by atoms with E-state index in [9.17, 15) is 4.79 Å². The lowest BCUT2D eigenvalue weighted by Crippen LogP contribution is -2.45. The Morgan fingerprint density at radius 3 is 2.90 bits per heavy atom. The number of carbonyl (C=O) groups excluding carboxylic acids is 1. The van der Waals surface area contributed by atoms with Crippen LogP contribution in [0, 0.1) is 12.8 Å². The highest BCUT2D eigenvalue weighted by Crippen LogP contribution is 2.32. The summed E-state index contributed by atoms with van der Waals surface area (Å²) in [5.74, 6) is 2.30. The number of carbonyl (C=O) groups is 1. The van der Waals surface area contributed by atoms with Gasteiger partial charge in [-0.15, -0.1) is 0 Å². The first-order valence-corrected chi connectivity index (χ1v) is 10.4. The zero-order chi connectivity index (χ0) is 20.1. The van der Waals surface area contributed by atoms with Crippen molar-refractivity contribution in [2.24, 2.45) is 5.92 Å². The number of likely N-dealkylation sites (tertiary alicyclic amines) is 1. The van der Waals surface area contributed by atoms with E-state index in [2.05, 4.69) is 22.1 Å². The average molecular weight is 396 g/mol. The molecule has 0 radical (unpaired) electrons. The van der Waals surface area contributed by atoms with Gasteiger partial charge >= 0.3 is 0 Å². The number of aryl methyl sites for hydroxylation is 1. The Balaban J connectivity index is 1.17. The third-order valence-corrected chi connectivity index (χ3v) is 5.66. The van der Waals surface area contributed by atoms with Gasteiger partial charge in [-0.2, -0.15) is 0 Å². The van der Waals surface area contributed by atoms with E-state index in [1.165, 1.54) is 5.56 Å². The van der Waals surface area contributed by atoms with Gasteiger partial charge in [0.25, 0.3) is 0 Å². The maximum Gasteiger partial charge on any atom is 0.224 e. The summed E-state index contributed by atoms with van der Waals surface area (Å²) in [6.07, 6.45) is 6.12. The van der Waals surface area contributed by atoms with Gasteiger partial charge in [-0.05, 0) is 68.1 Å². The van der Waals surface area contributed by atoms with E-state index < -0.39 is 0 Å². The lowest BCUT2D eigenvalue weighted by Gasteiger charge is -2.35. The van der Waals surface area contributed by atoms with Crippen molar-refractivity contribution in [1.82, 2.24) is 15.2 Å². The molecule has 29 heavy (non-hydrogen) atoms. The summed E-state index contributed by atoms with van der Waals surface area (Å²) in [7, 11) is 0. The van der Waals surface area contributed by atoms with Crippen LogP contribution >= 0.6 is 0 Å². The first-order valence-electron chi connectivity index (χ1n) is 10.4. The number of hydrogen-bond acceptors (Lipinski definition) is 5. The Morgan fingerprint density at radius 2 is 2.10 bits per heavy atom. The van der Waals surface area contributed by atoms with Crippen LogP contribution in [0.5, 0.6) is 11.5 Å². The molecule has 1 N–H and O–H groups in total. The molecule has 0 aliphatic carbocycles. The van der Waals surface area contributed by atoms with Crippen LogP contribution in [-0.2, 0) is 11.2 Å². The van der Waals surface area contributed by atoms with Gasteiger partial charge in [0.05, 0.1) is 6.42 Å². The number of amides is 1. The van der Waals surface area contributed by atoms with Crippen LogP contribution in [0.4, 0.5) is 0 Å². The molecule has 3 heterocycles. The van der Waals surface area contributed by atoms with Crippen molar-refractivity contribution in [3.63, 3.8) is 0 Å². The highest BCUT2D eigenvalue weighted by atomic mass is 16.6. The van der Waals surface area contributed by atoms with Crippen molar-refractivity contribution in [3.05, 3.63) is 53.9 Å². The van der Waals surface area contributed by atoms with Crippen molar-refractivity contribution in [2.45, 2.75) is 32.3 Å². The molecule has 2 aliphatic heterocycles. The fourth-order valence-electron chi connectivity index (χ4n) is 3.98. The molecular weight excluding hydrogens is 366 g/mol. The zero-order valence-corrected chi connectivity index (χ0v) is 17.0. The Morgan fingerprint density at radius 1 is 1.24 bits per heavy atom. The second-order valence-corrected chi connectivity index (χ2v) is 8.09. The molecule has 4 rings (SSSR count). The van der Waals surface area contributed by atoms with Crippen molar-refractivity contribution in [1.29, 1.82) is 0 Å².